The first-order valence-corrected chi connectivity index (χ1v) is 6.65. The molecule has 0 saturated carbocycles. The second kappa shape index (κ2) is 5.36. The first-order chi connectivity index (χ1) is 9.52. The summed E-state index contributed by atoms with van der Waals surface area (Å²) in [6.45, 7) is 3.51. The summed E-state index contributed by atoms with van der Waals surface area (Å²) in [6, 6.07) is 7.12. The number of carbonyl (C=O) groups is 2. The lowest BCUT2D eigenvalue weighted by molar-refractivity contribution is -0.144. The fourth-order valence-corrected chi connectivity index (χ4v) is 2.27. The lowest BCUT2D eigenvalue weighted by Gasteiger charge is -2.28. The Hall–Kier alpha value is -2.30. The zero-order chi connectivity index (χ0) is 14.8. The van der Waals surface area contributed by atoms with Crippen molar-refractivity contribution in [2.75, 3.05) is 0 Å². The molecule has 0 unspecified atom stereocenters. The normalized spacial score (nSPS) is 11.5. The van der Waals surface area contributed by atoms with E-state index in [1.165, 1.54) is 0 Å². The number of carboxylic acid groups (broad SMARTS) is 1. The fraction of sp³-hybridized carbons (Fsp3) is 0.333. The third-order valence-electron chi connectivity index (χ3n) is 3.78. The molecule has 3 N–H and O–H groups in total. The Morgan fingerprint density at radius 3 is 2.55 bits per heavy atom. The number of amides is 1. The van der Waals surface area contributed by atoms with Crippen molar-refractivity contribution in [3.8, 4) is 0 Å². The Kier molecular flexibility index (Phi) is 3.79. The van der Waals surface area contributed by atoms with E-state index in [4.69, 9.17) is 0 Å². The number of hydrogen-bond donors (Lipinski definition) is 3. The van der Waals surface area contributed by atoms with E-state index in [1.807, 2.05) is 12.1 Å². The summed E-state index contributed by atoms with van der Waals surface area (Å²) in [5, 5.41) is 12.9. The van der Waals surface area contributed by atoms with Crippen molar-refractivity contribution >= 4 is 22.8 Å². The topological polar surface area (TPSA) is 82.2 Å². The predicted molar refractivity (Wildman–Crippen MR) is 76.7 cm³/mol. The van der Waals surface area contributed by atoms with Gasteiger partial charge in [0.2, 0.25) is 0 Å². The Morgan fingerprint density at radius 2 is 1.95 bits per heavy atom. The molecule has 1 aromatic heterocycles. The minimum atomic E-state index is -1.20. The van der Waals surface area contributed by atoms with Crippen molar-refractivity contribution in [2.45, 2.75) is 32.2 Å². The smallest absolute Gasteiger partial charge is 0.329 e. The molecule has 1 heterocycles. The molecule has 0 aliphatic carbocycles. The van der Waals surface area contributed by atoms with Crippen LogP contribution in [0.15, 0.2) is 30.5 Å². The van der Waals surface area contributed by atoms with Crippen LogP contribution in [0.3, 0.4) is 0 Å². The summed E-state index contributed by atoms with van der Waals surface area (Å²) in [5.74, 6) is -1.36. The summed E-state index contributed by atoms with van der Waals surface area (Å²) in [7, 11) is 0. The van der Waals surface area contributed by atoms with E-state index in [0.29, 0.717) is 18.4 Å². The number of carbonyl (C=O) groups excluding carboxylic acids is 1. The summed E-state index contributed by atoms with van der Waals surface area (Å²) in [4.78, 5) is 26.7. The van der Waals surface area contributed by atoms with Gasteiger partial charge in [-0.25, -0.2) is 4.79 Å². The van der Waals surface area contributed by atoms with Crippen LogP contribution in [0.5, 0.6) is 0 Å². The number of rotatable bonds is 5. The minimum Gasteiger partial charge on any atom is -0.480 e. The molecule has 106 valence electrons. The van der Waals surface area contributed by atoms with Crippen molar-refractivity contribution in [1.82, 2.24) is 10.3 Å². The van der Waals surface area contributed by atoms with Gasteiger partial charge >= 0.3 is 5.97 Å². The first kappa shape index (κ1) is 14.1. The number of fused-ring (bicyclic) bond motifs is 1. The third kappa shape index (κ3) is 2.39. The number of aromatic nitrogens is 1. The van der Waals surface area contributed by atoms with Gasteiger partial charge in [0.15, 0.2) is 0 Å². The van der Waals surface area contributed by atoms with Gasteiger partial charge in [0.05, 0.1) is 0 Å². The average molecular weight is 274 g/mol. The van der Waals surface area contributed by atoms with Gasteiger partial charge in [0, 0.05) is 22.7 Å². The standard InChI is InChI=1S/C15H18N2O3/c1-3-15(4-2,14(19)20)17-13(18)11-5-6-12-10(9-11)7-8-16-12/h5-9,16H,3-4H2,1-2H3,(H,17,18)(H,19,20). The summed E-state index contributed by atoms with van der Waals surface area (Å²) >= 11 is 0. The number of carboxylic acids is 1. The molecule has 1 amide bonds. The van der Waals surface area contributed by atoms with E-state index in [0.717, 1.165) is 10.9 Å². The van der Waals surface area contributed by atoms with Gasteiger partial charge in [-0.2, -0.15) is 0 Å². The highest BCUT2D eigenvalue weighted by Gasteiger charge is 2.36. The van der Waals surface area contributed by atoms with Crippen LogP contribution < -0.4 is 5.32 Å². The number of aromatic amines is 1. The van der Waals surface area contributed by atoms with Crippen LogP contribution in [0.25, 0.3) is 10.9 Å². The van der Waals surface area contributed by atoms with Gasteiger partial charge in [-0.15, -0.1) is 0 Å². The number of aliphatic carboxylic acids is 1. The van der Waals surface area contributed by atoms with Crippen LogP contribution in [0.2, 0.25) is 0 Å². The molecule has 0 spiro atoms. The maximum absolute atomic E-state index is 12.3. The fourth-order valence-electron chi connectivity index (χ4n) is 2.27. The molecule has 1 aromatic carbocycles. The molecule has 0 bridgehead atoms. The Morgan fingerprint density at radius 1 is 1.25 bits per heavy atom. The highest BCUT2D eigenvalue weighted by molar-refractivity contribution is 6.00. The van der Waals surface area contributed by atoms with Gasteiger partial charge < -0.3 is 15.4 Å². The van der Waals surface area contributed by atoms with Crippen LogP contribution in [-0.4, -0.2) is 27.5 Å². The van der Waals surface area contributed by atoms with E-state index in [-0.39, 0.29) is 5.91 Å². The van der Waals surface area contributed by atoms with E-state index >= 15 is 0 Å². The molecule has 2 aromatic rings. The molecule has 20 heavy (non-hydrogen) atoms. The van der Waals surface area contributed by atoms with Crippen molar-refractivity contribution in [2.24, 2.45) is 0 Å². The average Bonchev–Trinajstić information content (AvgIpc) is 2.91. The molecular formula is C15H18N2O3. The number of nitrogens with one attached hydrogen (secondary N) is 2. The van der Waals surface area contributed by atoms with Crippen molar-refractivity contribution in [1.29, 1.82) is 0 Å². The molecular weight excluding hydrogens is 256 g/mol. The van der Waals surface area contributed by atoms with Crippen LogP contribution in [0.1, 0.15) is 37.0 Å². The largest absolute Gasteiger partial charge is 0.480 e. The molecule has 0 aliphatic rings. The van der Waals surface area contributed by atoms with Gasteiger partial charge in [-0.1, -0.05) is 13.8 Å². The zero-order valence-electron chi connectivity index (χ0n) is 11.6. The van der Waals surface area contributed by atoms with Gasteiger partial charge in [0.1, 0.15) is 5.54 Å². The highest BCUT2D eigenvalue weighted by Crippen LogP contribution is 2.18. The van der Waals surface area contributed by atoms with Crippen molar-refractivity contribution < 1.29 is 14.7 Å². The third-order valence-corrected chi connectivity index (χ3v) is 3.78. The Balaban J connectivity index is 2.28. The van der Waals surface area contributed by atoms with Gasteiger partial charge in [-0.05, 0) is 37.1 Å². The summed E-state index contributed by atoms with van der Waals surface area (Å²) in [6.07, 6.45) is 2.49. The molecule has 0 aliphatic heterocycles. The SMILES string of the molecule is CCC(CC)(NC(=O)c1ccc2[nH]ccc2c1)C(=O)O. The van der Waals surface area contributed by atoms with Crippen LogP contribution in [0.4, 0.5) is 0 Å². The first-order valence-electron chi connectivity index (χ1n) is 6.65. The maximum Gasteiger partial charge on any atom is 0.329 e. The number of H-pyrrole nitrogens is 1. The lowest BCUT2D eigenvalue weighted by atomic mass is 9.92. The zero-order valence-corrected chi connectivity index (χ0v) is 11.6. The quantitative estimate of drug-likeness (QED) is 0.783. The predicted octanol–water partition coefficient (Wildman–Crippen LogP) is 2.54. The Bertz CT molecular complexity index is 641. The van der Waals surface area contributed by atoms with Crippen molar-refractivity contribution in [3.05, 3.63) is 36.0 Å². The molecule has 2 rings (SSSR count). The number of hydrogen-bond acceptors (Lipinski definition) is 2. The van der Waals surface area contributed by atoms with E-state index < -0.39 is 11.5 Å². The van der Waals surface area contributed by atoms with Crippen molar-refractivity contribution in [3.63, 3.8) is 0 Å². The second-order valence-electron chi connectivity index (χ2n) is 4.83. The van der Waals surface area contributed by atoms with Crippen LogP contribution in [-0.2, 0) is 4.79 Å². The van der Waals surface area contributed by atoms with Crippen LogP contribution in [0, 0.1) is 0 Å². The summed E-state index contributed by atoms with van der Waals surface area (Å²) in [5.41, 5.74) is 0.200. The highest BCUT2D eigenvalue weighted by atomic mass is 16.4. The number of benzene rings is 1. The van der Waals surface area contributed by atoms with Gasteiger partial charge in [-0.3, -0.25) is 4.79 Å². The molecule has 5 nitrogen and oxygen atoms in total. The lowest BCUT2D eigenvalue weighted by Crippen LogP contribution is -2.53. The Labute approximate surface area is 117 Å². The van der Waals surface area contributed by atoms with E-state index in [1.54, 1.807) is 32.2 Å². The molecule has 0 radical (unpaired) electrons. The summed E-state index contributed by atoms with van der Waals surface area (Å²) < 4.78 is 0. The van der Waals surface area contributed by atoms with Gasteiger partial charge in [0.25, 0.3) is 5.91 Å². The monoisotopic (exact) mass is 274 g/mol. The maximum atomic E-state index is 12.3. The van der Waals surface area contributed by atoms with E-state index in [9.17, 15) is 14.7 Å². The minimum absolute atomic E-state index is 0.344. The van der Waals surface area contributed by atoms with Crippen LogP contribution >= 0.6 is 0 Å². The molecule has 5 heteroatoms. The molecule has 0 fully saturated rings. The van der Waals surface area contributed by atoms with E-state index in [2.05, 4.69) is 10.3 Å². The molecule has 0 atom stereocenters. The second-order valence-corrected chi connectivity index (χ2v) is 4.83. The molecule has 0 saturated heterocycles.